The molecule has 6 nitrogen and oxygen atoms in total. The molecule has 0 aromatic heterocycles. The number of carbonyl (C=O) groups is 1. The highest BCUT2D eigenvalue weighted by Gasteiger charge is 2.21. The molecule has 25 heavy (non-hydrogen) atoms. The first kappa shape index (κ1) is 19.0. The molecule has 0 radical (unpaired) electrons. The number of methoxy groups -OCH3 is 1. The van der Waals surface area contributed by atoms with Gasteiger partial charge < -0.3 is 9.64 Å². The molecule has 0 saturated carbocycles. The summed E-state index contributed by atoms with van der Waals surface area (Å²) >= 11 is 0. The molecule has 0 amide bonds. The summed E-state index contributed by atoms with van der Waals surface area (Å²) in [5.41, 5.74) is 2.25. The van der Waals surface area contributed by atoms with Gasteiger partial charge in [-0.2, -0.15) is 4.31 Å². The zero-order valence-electron chi connectivity index (χ0n) is 14.8. The number of hydrogen-bond acceptors (Lipinski definition) is 5. The lowest BCUT2D eigenvalue weighted by Crippen LogP contribution is -2.26. The van der Waals surface area contributed by atoms with Gasteiger partial charge in [-0.15, -0.1) is 0 Å². The zero-order chi connectivity index (χ0) is 18.6. The van der Waals surface area contributed by atoms with E-state index in [4.69, 9.17) is 0 Å². The second kappa shape index (κ2) is 7.67. The molecule has 0 aliphatic heterocycles. The Labute approximate surface area is 148 Å². The predicted octanol–water partition coefficient (Wildman–Crippen LogP) is 2.36. The molecule has 0 heterocycles. The van der Waals surface area contributed by atoms with Gasteiger partial charge in [-0.05, 0) is 42.0 Å². The number of ether oxygens (including phenoxy) is 1. The van der Waals surface area contributed by atoms with Crippen molar-refractivity contribution in [3.8, 4) is 0 Å². The van der Waals surface area contributed by atoms with E-state index >= 15 is 0 Å². The van der Waals surface area contributed by atoms with Crippen molar-refractivity contribution < 1.29 is 17.9 Å². The Bertz CT molecular complexity index is 828. The van der Waals surface area contributed by atoms with Crippen molar-refractivity contribution in [1.82, 2.24) is 4.31 Å². The number of nitrogens with zero attached hydrogens (tertiary/aromatic N) is 2. The van der Waals surface area contributed by atoms with E-state index in [2.05, 4.69) is 4.74 Å². The Morgan fingerprint density at radius 1 is 0.960 bits per heavy atom. The molecule has 0 bridgehead atoms. The molecular formula is C18H22N2O4S. The summed E-state index contributed by atoms with van der Waals surface area (Å²) in [4.78, 5) is 13.6. The van der Waals surface area contributed by atoms with Crippen LogP contribution in [0, 0.1) is 0 Å². The van der Waals surface area contributed by atoms with Gasteiger partial charge in [-0.25, -0.2) is 13.2 Å². The monoisotopic (exact) mass is 362 g/mol. The summed E-state index contributed by atoms with van der Waals surface area (Å²) in [5, 5.41) is 0. The van der Waals surface area contributed by atoms with E-state index in [0.717, 1.165) is 11.3 Å². The van der Waals surface area contributed by atoms with Gasteiger partial charge in [0, 0.05) is 33.4 Å². The number of rotatable bonds is 6. The minimum atomic E-state index is -3.64. The maximum atomic E-state index is 12.7. The Hall–Kier alpha value is -2.38. The van der Waals surface area contributed by atoms with Gasteiger partial charge in [0.05, 0.1) is 17.6 Å². The topological polar surface area (TPSA) is 66.9 Å². The van der Waals surface area contributed by atoms with Gasteiger partial charge in [0.2, 0.25) is 10.0 Å². The maximum absolute atomic E-state index is 12.7. The Balaban J connectivity index is 2.16. The van der Waals surface area contributed by atoms with Crippen LogP contribution in [0.5, 0.6) is 0 Å². The summed E-state index contributed by atoms with van der Waals surface area (Å²) in [6.07, 6.45) is 0. The molecule has 7 heteroatoms. The van der Waals surface area contributed by atoms with Crippen LogP contribution in [0.2, 0.25) is 0 Å². The molecular weight excluding hydrogens is 340 g/mol. The molecule has 0 saturated heterocycles. The van der Waals surface area contributed by atoms with E-state index < -0.39 is 16.0 Å². The second-order valence-electron chi connectivity index (χ2n) is 5.84. The number of hydrogen-bond donors (Lipinski definition) is 0. The summed E-state index contributed by atoms with van der Waals surface area (Å²) in [6, 6.07) is 13.4. The van der Waals surface area contributed by atoms with Gasteiger partial charge in [0.15, 0.2) is 0 Å². The lowest BCUT2D eigenvalue weighted by molar-refractivity contribution is 0.0600. The predicted molar refractivity (Wildman–Crippen MR) is 97.2 cm³/mol. The van der Waals surface area contributed by atoms with Crippen LogP contribution in [-0.2, 0) is 21.3 Å². The smallest absolute Gasteiger partial charge is 0.337 e. The van der Waals surface area contributed by atoms with Crippen LogP contribution in [0.1, 0.15) is 15.9 Å². The largest absolute Gasteiger partial charge is 0.465 e. The molecule has 2 aromatic carbocycles. The third kappa shape index (κ3) is 4.37. The summed E-state index contributed by atoms with van der Waals surface area (Å²) in [6.45, 7) is 0.259. The lowest BCUT2D eigenvalue weighted by atomic mass is 10.2. The van der Waals surface area contributed by atoms with E-state index in [-0.39, 0.29) is 11.4 Å². The van der Waals surface area contributed by atoms with Crippen molar-refractivity contribution in [2.45, 2.75) is 11.4 Å². The fourth-order valence-corrected chi connectivity index (χ4v) is 3.46. The van der Waals surface area contributed by atoms with Crippen LogP contribution in [0.3, 0.4) is 0 Å². The maximum Gasteiger partial charge on any atom is 0.337 e. The Kier molecular flexibility index (Phi) is 5.81. The molecule has 0 aliphatic rings. The van der Waals surface area contributed by atoms with E-state index in [0.29, 0.717) is 5.56 Å². The third-order valence-corrected chi connectivity index (χ3v) is 5.66. The number of benzene rings is 2. The first-order chi connectivity index (χ1) is 11.8. The normalized spacial score (nSPS) is 11.4. The molecule has 0 spiro atoms. The van der Waals surface area contributed by atoms with Crippen molar-refractivity contribution in [3.63, 3.8) is 0 Å². The lowest BCUT2D eigenvalue weighted by Gasteiger charge is -2.18. The molecule has 0 atom stereocenters. The molecule has 0 fully saturated rings. The van der Waals surface area contributed by atoms with Crippen molar-refractivity contribution in [1.29, 1.82) is 0 Å². The van der Waals surface area contributed by atoms with E-state index in [1.807, 2.05) is 43.3 Å². The quantitative estimate of drug-likeness (QED) is 0.738. The number of sulfonamides is 1. The van der Waals surface area contributed by atoms with Crippen LogP contribution < -0.4 is 4.90 Å². The number of carbonyl (C=O) groups excluding carboxylic acids is 1. The van der Waals surface area contributed by atoms with Crippen molar-refractivity contribution in [3.05, 3.63) is 59.7 Å². The average molecular weight is 362 g/mol. The molecule has 2 aromatic rings. The highest BCUT2D eigenvalue weighted by atomic mass is 32.2. The van der Waals surface area contributed by atoms with Gasteiger partial charge in [0.1, 0.15) is 0 Å². The van der Waals surface area contributed by atoms with Crippen LogP contribution in [0.15, 0.2) is 53.4 Å². The molecule has 0 N–H and O–H groups in total. The highest BCUT2D eigenvalue weighted by molar-refractivity contribution is 7.89. The Morgan fingerprint density at radius 2 is 1.52 bits per heavy atom. The molecule has 134 valence electrons. The minimum Gasteiger partial charge on any atom is -0.465 e. The van der Waals surface area contributed by atoms with E-state index in [9.17, 15) is 13.2 Å². The van der Waals surface area contributed by atoms with Gasteiger partial charge in [0.25, 0.3) is 0 Å². The van der Waals surface area contributed by atoms with Gasteiger partial charge >= 0.3 is 5.97 Å². The van der Waals surface area contributed by atoms with Crippen LogP contribution in [-0.4, -0.2) is 46.9 Å². The van der Waals surface area contributed by atoms with Crippen LogP contribution >= 0.6 is 0 Å². The fraction of sp³-hybridized carbons (Fsp3) is 0.278. The first-order valence-corrected chi connectivity index (χ1v) is 9.10. The number of anilines is 1. The summed E-state index contributed by atoms with van der Waals surface area (Å²) < 4.78 is 31.2. The summed E-state index contributed by atoms with van der Waals surface area (Å²) in [7, 11) is 3.07. The van der Waals surface area contributed by atoms with Crippen molar-refractivity contribution in [2.24, 2.45) is 0 Å². The van der Waals surface area contributed by atoms with Crippen molar-refractivity contribution in [2.75, 3.05) is 33.2 Å². The molecule has 0 aliphatic carbocycles. The van der Waals surface area contributed by atoms with E-state index in [1.165, 1.54) is 42.7 Å². The highest BCUT2D eigenvalue weighted by Crippen LogP contribution is 2.19. The van der Waals surface area contributed by atoms with Crippen LogP contribution in [0.25, 0.3) is 0 Å². The second-order valence-corrected chi connectivity index (χ2v) is 7.88. The molecule has 0 unspecified atom stereocenters. The minimum absolute atomic E-state index is 0.132. The van der Waals surface area contributed by atoms with Crippen molar-refractivity contribution >= 4 is 21.7 Å². The Morgan fingerprint density at radius 3 is 2.00 bits per heavy atom. The van der Waals surface area contributed by atoms with Gasteiger partial charge in [-0.1, -0.05) is 12.1 Å². The SMILES string of the molecule is COC(=O)c1ccc(S(=O)(=O)N(C)Cc2ccc(N(C)C)cc2)cc1. The van der Waals surface area contributed by atoms with E-state index in [1.54, 1.807) is 0 Å². The first-order valence-electron chi connectivity index (χ1n) is 7.66. The summed E-state index contributed by atoms with van der Waals surface area (Å²) in [5.74, 6) is -0.502. The van der Waals surface area contributed by atoms with Gasteiger partial charge in [-0.3, -0.25) is 0 Å². The molecule has 2 rings (SSSR count). The average Bonchev–Trinajstić information content (AvgIpc) is 2.61. The number of esters is 1. The zero-order valence-corrected chi connectivity index (χ0v) is 15.6. The third-order valence-electron chi connectivity index (χ3n) is 3.84. The fourth-order valence-electron chi connectivity index (χ4n) is 2.30. The standard InChI is InChI=1S/C18H22N2O4S/c1-19(2)16-9-5-14(6-10-16)13-20(3)25(22,23)17-11-7-15(8-12-17)18(21)24-4/h5-12H,13H2,1-4H3. The van der Waals surface area contributed by atoms with Crippen LogP contribution in [0.4, 0.5) is 5.69 Å².